The number of carbonyl (C=O) groups is 1. The lowest BCUT2D eigenvalue weighted by Gasteiger charge is -2.07. The quantitative estimate of drug-likeness (QED) is 0.495. The third-order valence-electron chi connectivity index (χ3n) is 4.22. The number of nitrogens with zero attached hydrogens (tertiary/aromatic N) is 3. The van der Waals surface area contributed by atoms with Gasteiger partial charge < -0.3 is 10.1 Å². The summed E-state index contributed by atoms with van der Waals surface area (Å²) in [6.45, 7) is 0. The van der Waals surface area contributed by atoms with E-state index in [2.05, 4.69) is 45.5 Å². The van der Waals surface area contributed by atoms with Crippen molar-refractivity contribution in [3.05, 3.63) is 66.2 Å². The molecule has 28 heavy (non-hydrogen) atoms. The second kappa shape index (κ2) is 7.55. The zero-order valence-electron chi connectivity index (χ0n) is 14.6. The molecule has 4 rings (SSSR count). The zero-order chi connectivity index (χ0) is 19.5. The molecular formula is C21H14N4O2S. The Morgan fingerprint density at radius 2 is 1.79 bits per heavy atom. The molecule has 136 valence electrons. The number of aromatic amines is 1. The molecule has 0 amide bonds. The van der Waals surface area contributed by atoms with Crippen molar-refractivity contribution in [3.63, 3.8) is 0 Å². The number of nitrogens with one attached hydrogen (secondary N) is 1. The van der Waals surface area contributed by atoms with E-state index in [-0.39, 0.29) is 5.75 Å². The third-order valence-corrected chi connectivity index (χ3v) is 5.07. The van der Waals surface area contributed by atoms with Gasteiger partial charge in [-0.2, -0.15) is 5.26 Å². The van der Waals surface area contributed by atoms with E-state index in [1.807, 2.05) is 30.3 Å². The number of H-pyrrole nitrogens is 1. The van der Waals surface area contributed by atoms with Crippen LogP contribution in [-0.2, 0) is 4.79 Å². The standard InChI is InChI=1S/C21H14N4O2S/c22-11-13-7-17(16-6-5-14-3-1-2-4-15(14)9-16)10-18(8-13)20-23-21(25-24-20)28-12-19(26)27/h1-10H,12H2,(H,26,27)(H,23,24,25). The summed E-state index contributed by atoms with van der Waals surface area (Å²) in [5, 5.41) is 29.0. The summed E-state index contributed by atoms with van der Waals surface area (Å²) in [5.74, 6) is -0.532. The Bertz CT molecular complexity index is 1230. The summed E-state index contributed by atoms with van der Waals surface area (Å²) in [7, 11) is 0. The van der Waals surface area contributed by atoms with Crippen LogP contribution in [0.3, 0.4) is 0 Å². The average molecular weight is 386 g/mol. The van der Waals surface area contributed by atoms with E-state index in [0.29, 0.717) is 16.5 Å². The Morgan fingerprint density at radius 1 is 1.00 bits per heavy atom. The fourth-order valence-electron chi connectivity index (χ4n) is 2.94. The Labute approximate surface area is 164 Å². The summed E-state index contributed by atoms with van der Waals surface area (Å²) >= 11 is 1.06. The molecule has 0 radical (unpaired) electrons. The van der Waals surface area contributed by atoms with Gasteiger partial charge in [-0.3, -0.25) is 4.79 Å². The first-order chi connectivity index (χ1) is 13.6. The maximum atomic E-state index is 10.7. The van der Waals surface area contributed by atoms with Gasteiger partial charge in [-0.05, 0) is 46.2 Å². The van der Waals surface area contributed by atoms with E-state index in [4.69, 9.17) is 5.11 Å². The number of aliphatic carboxylic acids is 1. The van der Waals surface area contributed by atoms with Crippen LogP contribution in [0.2, 0.25) is 0 Å². The van der Waals surface area contributed by atoms with Gasteiger partial charge in [0.05, 0.1) is 17.4 Å². The molecule has 1 heterocycles. The zero-order valence-corrected chi connectivity index (χ0v) is 15.4. The Morgan fingerprint density at radius 3 is 2.57 bits per heavy atom. The highest BCUT2D eigenvalue weighted by Gasteiger charge is 2.11. The number of hydrogen-bond donors (Lipinski definition) is 2. The maximum absolute atomic E-state index is 10.7. The van der Waals surface area contributed by atoms with E-state index in [0.717, 1.165) is 39.2 Å². The summed E-state index contributed by atoms with van der Waals surface area (Å²) in [6.07, 6.45) is 0. The predicted molar refractivity (Wildman–Crippen MR) is 108 cm³/mol. The molecule has 0 unspecified atom stereocenters. The van der Waals surface area contributed by atoms with Gasteiger partial charge in [0.15, 0.2) is 11.0 Å². The highest BCUT2D eigenvalue weighted by Crippen LogP contribution is 2.29. The molecule has 0 atom stereocenters. The average Bonchev–Trinajstić information content (AvgIpc) is 3.20. The van der Waals surface area contributed by atoms with Crippen molar-refractivity contribution in [2.75, 3.05) is 5.75 Å². The molecule has 0 spiro atoms. The molecule has 0 saturated heterocycles. The lowest BCUT2D eigenvalue weighted by Crippen LogP contribution is -1.97. The van der Waals surface area contributed by atoms with Crippen molar-refractivity contribution < 1.29 is 9.90 Å². The first kappa shape index (κ1) is 17.8. The lowest BCUT2D eigenvalue weighted by molar-refractivity contribution is -0.133. The minimum atomic E-state index is -0.923. The Balaban J connectivity index is 1.73. The van der Waals surface area contributed by atoms with Gasteiger partial charge in [0.2, 0.25) is 0 Å². The summed E-state index contributed by atoms with van der Waals surface area (Å²) < 4.78 is 0. The molecule has 1 aromatic heterocycles. The SMILES string of the molecule is N#Cc1cc(-c2ccc3ccccc3c2)cc(-c2nnc(SCC(=O)O)[nH]2)c1. The van der Waals surface area contributed by atoms with E-state index in [1.54, 1.807) is 6.07 Å². The molecule has 0 aliphatic rings. The van der Waals surface area contributed by atoms with Gasteiger partial charge in [0.1, 0.15) is 0 Å². The topological polar surface area (TPSA) is 103 Å². The monoisotopic (exact) mass is 386 g/mol. The molecule has 3 aromatic carbocycles. The molecule has 0 bridgehead atoms. The highest BCUT2D eigenvalue weighted by atomic mass is 32.2. The summed E-state index contributed by atoms with van der Waals surface area (Å²) in [6, 6.07) is 22.0. The van der Waals surface area contributed by atoms with Crippen LogP contribution in [0.4, 0.5) is 0 Å². The summed E-state index contributed by atoms with van der Waals surface area (Å²) in [4.78, 5) is 13.7. The van der Waals surface area contributed by atoms with E-state index in [9.17, 15) is 10.1 Å². The van der Waals surface area contributed by atoms with Crippen molar-refractivity contribution in [2.45, 2.75) is 5.16 Å². The van der Waals surface area contributed by atoms with Crippen LogP contribution < -0.4 is 0 Å². The van der Waals surface area contributed by atoms with Crippen LogP contribution >= 0.6 is 11.8 Å². The van der Waals surface area contributed by atoms with Gasteiger partial charge in [0.25, 0.3) is 0 Å². The van der Waals surface area contributed by atoms with Crippen LogP contribution in [0.25, 0.3) is 33.3 Å². The van der Waals surface area contributed by atoms with Crippen molar-refractivity contribution in [1.29, 1.82) is 5.26 Å². The number of hydrogen-bond acceptors (Lipinski definition) is 5. The van der Waals surface area contributed by atoms with Crippen molar-refractivity contribution >= 4 is 28.5 Å². The predicted octanol–water partition coefficient (Wildman–Crippen LogP) is 4.34. The number of thioether (sulfide) groups is 1. The smallest absolute Gasteiger partial charge is 0.313 e. The highest BCUT2D eigenvalue weighted by molar-refractivity contribution is 7.99. The van der Waals surface area contributed by atoms with Crippen molar-refractivity contribution in [1.82, 2.24) is 15.2 Å². The number of benzene rings is 3. The molecule has 0 fully saturated rings. The van der Waals surface area contributed by atoms with E-state index in [1.165, 1.54) is 0 Å². The Kier molecular flexibility index (Phi) is 4.79. The third kappa shape index (κ3) is 3.72. The fraction of sp³-hybridized carbons (Fsp3) is 0.0476. The van der Waals surface area contributed by atoms with Gasteiger partial charge >= 0.3 is 5.97 Å². The van der Waals surface area contributed by atoms with Crippen molar-refractivity contribution in [3.8, 4) is 28.6 Å². The molecule has 0 aliphatic heterocycles. The molecule has 7 heteroatoms. The van der Waals surface area contributed by atoms with Crippen LogP contribution in [0.1, 0.15) is 5.56 Å². The number of fused-ring (bicyclic) bond motifs is 1. The fourth-order valence-corrected chi connectivity index (χ4v) is 3.46. The summed E-state index contributed by atoms with van der Waals surface area (Å²) in [5.41, 5.74) is 3.13. The number of rotatable bonds is 5. The first-order valence-corrected chi connectivity index (χ1v) is 9.43. The second-order valence-corrected chi connectivity index (χ2v) is 7.10. The van der Waals surface area contributed by atoms with Crippen LogP contribution in [0.5, 0.6) is 0 Å². The second-order valence-electron chi connectivity index (χ2n) is 6.13. The Hall–Kier alpha value is -3.63. The van der Waals surface area contributed by atoms with Gasteiger partial charge in [-0.15, -0.1) is 10.2 Å². The lowest BCUT2D eigenvalue weighted by atomic mass is 9.97. The number of carboxylic acids is 1. The number of carboxylic acid groups (broad SMARTS) is 1. The maximum Gasteiger partial charge on any atom is 0.313 e. The van der Waals surface area contributed by atoms with Crippen LogP contribution in [-0.4, -0.2) is 32.0 Å². The van der Waals surface area contributed by atoms with Gasteiger partial charge in [-0.25, -0.2) is 0 Å². The van der Waals surface area contributed by atoms with Crippen molar-refractivity contribution in [2.24, 2.45) is 0 Å². The normalized spacial score (nSPS) is 10.7. The van der Waals surface area contributed by atoms with E-state index >= 15 is 0 Å². The van der Waals surface area contributed by atoms with Crippen LogP contribution in [0, 0.1) is 11.3 Å². The first-order valence-electron chi connectivity index (χ1n) is 8.44. The largest absolute Gasteiger partial charge is 0.481 e. The molecule has 2 N–H and O–H groups in total. The molecule has 0 saturated carbocycles. The van der Waals surface area contributed by atoms with Crippen LogP contribution in [0.15, 0.2) is 65.8 Å². The van der Waals surface area contributed by atoms with Gasteiger partial charge in [0, 0.05) is 5.56 Å². The number of nitriles is 1. The minimum absolute atomic E-state index is 0.102. The van der Waals surface area contributed by atoms with Gasteiger partial charge in [-0.1, -0.05) is 48.2 Å². The van der Waals surface area contributed by atoms with E-state index < -0.39 is 5.97 Å². The molecular weight excluding hydrogens is 372 g/mol. The molecule has 4 aromatic rings. The minimum Gasteiger partial charge on any atom is -0.481 e. The number of aromatic nitrogens is 3. The molecule has 0 aliphatic carbocycles. The molecule has 6 nitrogen and oxygen atoms in total.